The summed E-state index contributed by atoms with van der Waals surface area (Å²) in [5.41, 5.74) is 0.106. The zero-order valence-electron chi connectivity index (χ0n) is 13.1. The summed E-state index contributed by atoms with van der Waals surface area (Å²) >= 11 is 5.85. The van der Waals surface area contributed by atoms with Crippen molar-refractivity contribution in [1.29, 1.82) is 5.26 Å². The van der Waals surface area contributed by atoms with Crippen LogP contribution in [0.25, 0.3) is 0 Å². The molecule has 0 saturated carbocycles. The molecule has 7 nitrogen and oxygen atoms in total. The van der Waals surface area contributed by atoms with Gasteiger partial charge in [-0.25, -0.2) is 8.42 Å². The van der Waals surface area contributed by atoms with Gasteiger partial charge in [0.05, 0.1) is 21.7 Å². The van der Waals surface area contributed by atoms with Gasteiger partial charge >= 0.3 is 0 Å². The number of carbonyl (C=O) groups is 1. The maximum Gasteiger partial charge on any atom is 0.289 e. The molecule has 130 valence electrons. The predicted molar refractivity (Wildman–Crippen MR) is 89.5 cm³/mol. The zero-order valence-corrected chi connectivity index (χ0v) is 14.6. The van der Waals surface area contributed by atoms with Gasteiger partial charge in [-0.1, -0.05) is 11.6 Å². The van der Waals surface area contributed by atoms with Gasteiger partial charge in [-0.2, -0.15) is 9.57 Å². The van der Waals surface area contributed by atoms with Crippen LogP contribution in [0.5, 0.6) is 0 Å². The van der Waals surface area contributed by atoms with Gasteiger partial charge in [0.25, 0.3) is 5.91 Å². The number of sulfonamides is 1. The fraction of sp³-hybridized carbons (Fsp3) is 0.250. The van der Waals surface area contributed by atoms with E-state index in [1.807, 2.05) is 6.07 Å². The Morgan fingerprint density at radius 2 is 1.92 bits per heavy atom. The van der Waals surface area contributed by atoms with Crippen LogP contribution in [0.1, 0.15) is 16.1 Å². The third kappa shape index (κ3) is 3.39. The van der Waals surface area contributed by atoms with Gasteiger partial charge in [-0.15, -0.1) is 0 Å². The Hall–Kier alpha value is -2.34. The molecule has 9 heteroatoms. The Labute approximate surface area is 150 Å². The highest BCUT2D eigenvalue weighted by Gasteiger charge is 2.31. The molecule has 0 aliphatic carbocycles. The van der Waals surface area contributed by atoms with Gasteiger partial charge in [-0.3, -0.25) is 4.79 Å². The summed E-state index contributed by atoms with van der Waals surface area (Å²) < 4.78 is 31.8. The Morgan fingerprint density at radius 1 is 1.20 bits per heavy atom. The van der Waals surface area contributed by atoms with E-state index in [-0.39, 0.29) is 53.3 Å². The van der Waals surface area contributed by atoms with Gasteiger partial charge in [0.15, 0.2) is 5.76 Å². The van der Waals surface area contributed by atoms with Gasteiger partial charge in [0.2, 0.25) is 10.0 Å². The van der Waals surface area contributed by atoms with Crippen molar-refractivity contribution in [3.8, 4) is 6.07 Å². The molecule has 1 fully saturated rings. The molecule has 1 saturated heterocycles. The summed E-state index contributed by atoms with van der Waals surface area (Å²) in [7, 11) is -3.75. The van der Waals surface area contributed by atoms with E-state index in [1.54, 1.807) is 17.0 Å². The second-order valence-electron chi connectivity index (χ2n) is 5.43. The molecular formula is C16H14ClN3O4S. The first-order chi connectivity index (χ1) is 11.9. The highest BCUT2D eigenvalue weighted by Crippen LogP contribution is 2.23. The molecule has 25 heavy (non-hydrogen) atoms. The Morgan fingerprint density at radius 3 is 2.52 bits per heavy atom. The van der Waals surface area contributed by atoms with E-state index in [2.05, 4.69) is 0 Å². The van der Waals surface area contributed by atoms with Crippen molar-refractivity contribution < 1.29 is 17.6 Å². The number of nitrogens with zero attached hydrogens (tertiary/aromatic N) is 3. The second-order valence-corrected chi connectivity index (χ2v) is 7.77. The lowest BCUT2D eigenvalue weighted by Crippen LogP contribution is -2.50. The quantitative estimate of drug-likeness (QED) is 0.812. The molecule has 1 amide bonds. The molecular weight excluding hydrogens is 366 g/mol. The molecule has 0 spiro atoms. The molecule has 0 atom stereocenters. The first kappa shape index (κ1) is 17.5. The molecule has 0 N–H and O–H groups in total. The predicted octanol–water partition coefficient (Wildman–Crippen LogP) is 1.95. The molecule has 1 aromatic heterocycles. The van der Waals surface area contributed by atoms with Gasteiger partial charge in [0.1, 0.15) is 6.07 Å². The number of amides is 1. The van der Waals surface area contributed by atoms with Crippen LogP contribution in [0, 0.1) is 11.3 Å². The average molecular weight is 380 g/mol. The van der Waals surface area contributed by atoms with Crippen LogP contribution in [0.4, 0.5) is 0 Å². The third-order valence-electron chi connectivity index (χ3n) is 3.95. The van der Waals surface area contributed by atoms with Gasteiger partial charge < -0.3 is 9.32 Å². The molecule has 1 aromatic carbocycles. The van der Waals surface area contributed by atoms with Crippen LogP contribution < -0.4 is 0 Å². The van der Waals surface area contributed by atoms with Crippen LogP contribution in [0.3, 0.4) is 0 Å². The van der Waals surface area contributed by atoms with Crippen molar-refractivity contribution in [1.82, 2.24) is 9.21 Å². The number of piperazine rings is 1. The van der Waals surface area contributed by atoms with Crippen molar-refractivity contribution in [2.24, 2.45) is 0 Å². The molecule has 0 unspecified atom stereocenters. The molecule has 3 rings (SSSR count). The average Bonchev–Trinajstić information content (AvgIpc) is 3.16. The van der Waals surface area contributed by atoms with E-state index >= 15 is 0 Å². The maximum atomic E-state index is 12.7. The highest BCUT2D eigenvalue weighted by molar-refractivity contribution is 7.89. The van der Waals surface area contributed by atoms with E-state index in [4.69, 9.17) is 21.3 Å². The van der Waals surface area contributed by atoms with Crippen molar-refractivity contribution in [3.63, 3.8) is 0 Å². The minimum Gasteiger partial charge on any atom is -0.459 e. The fourth-order valence-corrected chi connectivity index (χ4v) is 4.20. The zero-order chi connectivity index (χ0) is 18.0. The largest absolute Gasteiger partial charge is 0.459 e. The fourth-order valence-electron chi connectivity index (χ4n) is 2.59. The lowest BCUT2D eigenvalue weighted by Gasteiger charge is -2.33. The summed E-state index contributed by atoms with van der Waals surface area (Å²) in [6.07, 6.45) is 1.42. The minimum absolute atomic E-state index is 0.0132. The molecule has 2 heterocycles. The summed E-state index contributed by atoms with van der Waals surface area (Å²) in [6, 6.07) is 9.10. The van der Waals surface area contributed by atoms with Crippen LogP contribution in [0.15, 0.2) is 45.9 Å². The van der Waals surface area contributed by atoms with Crippen LogP contribution in [-0.2, 0) is 10.0 Å². The number of benzene rings is 1. The maximum absolute atomic E-state index is 12.7. The second kappa shape index (κ2) is 6.88. The number of carbonyl (C=O) groups excluding carboxylic acids is 1. The molecule has 0 bridgehead atoms. The number of nitriles is 1. The SMILES string of the molecule is N#Cc1cc(S(=O)(=O)N2CCN(C(=O)c3ccco3)CC2)ccc1Cl. The van der Waals surface area contributed by atoms with E-state index in [1.165, 1.54) is 28.8 Å². The Balaban J connectivity index is 1.74. The molecule has 1 aliphatic heterocycles. The van der Waals surface area contributed by atoms with Gasteiger partial charge in [0, 0.05) is 26.2 Å². The number of rotatable bonds is 3. The Kier molecular flexibility index (Phi) is 4.81. The smallest absolute Gasteiger partial charge is 0.289 e. The van der Waals surface area contributed by atoms with Crippen molar-refractivity contribution in [3.05, 3.63) is 52.9 Å². The van der Waals surface area contributed by atoms with Crippen LogP contribution in [-0.4, -0.2) is 49.7 Å². The molecule has 1 aliphatic rings. The van der Waals surface area contributed by atoms with Crippen molar-refractivity contribution in [2.75, 3.05) is 26.2 Å². The van der Waals surface area contributed by atoms with Crippen molar-refractivity contribution >= 4 is 27.5 Å². The summed E-state index contributed by atoms with van der Waals surface area (Å²) in [5, 5.41) is 9.21. The van der Waals surface area contributed by atoms with E-state index in [0.29, 0.717) is 0 Å². The number of halogens is 1. The van der Waals surface area contributed by atoms with Gasteiger partial charge in [-0.05, 0) is 30.3 Å². The summed E-state index contributed by atoms with van der Waals surface area (Å²) in [6.45, 7) is 0.855. The van der Waals surface area contributed by atoms with Crippen LogP contribution in [0.2, 0.25) is 5.02 Å². The van der Waals surface area contributed by atoms with E-state index < -0.39 is 10.0 Å². The topological polar surface area (TPSA) is 94.6 Å². The third-order valence-corrected chi connectivity index (χ3v) is 6.18. The summed E-state index contributed by atoms with van der Waals surface area (Å²) in [4.78, 5) is 13.8. The highest BCUT2D eigenvalue weighted by atomic mass is 35.5. The lowest BCUT2D eigenvalue weighted by atomic mass is 10.2. The van der Waals surface area contributed by atoms with Crippen molar-refractivity contribution in [2.45, 2.75) is 4.90 Å². The first-order valence-corrected chi connectivity index (χ1v) is 9.28. The number of furan rings is 1. The monoisotopic (exact) mass is 379 g/mol. The van der Waals surface area contributed by atoms with E-state index in [9.17, 15) is 13.2 Å². The first-order valence-electron chi connectivity index (χ1n) is 7.46. The normalized spacial score (nSPS) is 15.8. The standard InChI is InChI=1S/C16H14ClN3O4S/c17-14-4-3-13(10-12(14)11-18)25(22,23)20-7-5-19(6-8-20)16(21)15-2-1-9-24-15/h1-4,9-10H,5-8H2. The van der Waals surface area contributed by atoms with E-state index in [0.717, 1.165) is 0 Å². The van der Waals surface area contributed by atoms with Crippen LogP contribution >= 0.6 is 11.6 Å². The number of hydrogen-bond acceptors (Lipinski definition) is 5. The Bertz CT molecular complexity index is 927. The number of hydrogen-bond donors (Lipinski definition) is 0. The minimum atomic E-state index is -3.75. The molecule has 0 radical (unpaired) electrons. The lowest BCUT2D eigenvalue weighted by molar-refractivity contribution is 0.0666. The summed E-state index contributed by atoms with van der Waals surface area (Å²) in [5.74, 6) is -0.0343. The molecule has 2 aromatic rings.